The Morgan fingerprint density at radius 2 is 2.22 bits per heavy atom. The van der Waals surface area contributed by atoms with Crippen molar-refractivity contribution in [1.29, 1.82) is 0 Å². The van der Waals surface area contributed by atoms with Crippen molar-refractivity contribution >= 4 is 28.8 Å². The molecule has 1 amide bonds. The molecular weight excluding hydrogens is 272 g/mol. The van der Waals surface area contributed by atoms with Crippen LogP contribution in [0.25, 0.3) is 0 Å². The van der Waals surface area contributed by atoms with Crippen LogP contribution in [0.5, 0.6) is 0 Å². The van der Waals surface area contributed by atoms with Crippen molar-refractivity contribution in [2.45, 2.75) is 13.0 Å². The summed E-state index contributed by atoms with van der Waals surface area (Å²) >= 11 is 7.41. The summed E-state index contributed by atoms with van der Waals surface area (Å²) in [6, 6.07) is 3.89. The second kappa shape index (κ2) is 7.09. The Morgan fingerprint density at radius 3 is 2.89 bits per heavy atom. The van der Waals surface area contributed by atoms with Gasteiger partial charge in [-0.2, -0.15) is 0 Å². The topological polar surface area (TPSA) is 41.6 Å². The Labute approximate surface area is 116 Å². The fourth-order valence-electron chi connectivity index (χ4n) is 1.82. The molecule has 6 heteroatoms. The molecule has 1 aromatic rings. The molecule has 100 valence electrons. The van der Waals surface area contributed by atoms with Gasteiger partial charge in [0, 0.05) is 37.5 Å². The summed E-state index contributed by atoms with van der Waals surface area (Å²) in [6.07, 6.45) is 0.541. The van der Waals surface area contributed by atoms with E-state index in [9.17, 15) is 4.79 Å². The minimum Gasteiger partial charge on any atom is -0.378 e. The normalized spacial score (nSPS) is 15.9. The zero-order valence-electron chi connectivity index (χ0n) is 10.2. The number of hydrogen-bond acceptors (Lipinski definition) is 4. The monoisotopic (exact) mass is 288 g/mol. The first-order valence-electron chi connectivity index (χ1n) is 6.06. The van der Waals surface area contributed by atoms with E-state index in [2.05, 4.69) is 5.32 Å². The third kappa shape index (κ3) is 4.24. The fourth-order valence-corrected chi connectivity index (χ4v) is 2.88. The first-order valence-corrected chi connectivity index (χ1v) is 7.25. The van der Waals surface area contributed by atoms with Crippen LogP contribution in [0.3, 0.4) is 0 Å². The number of thiophene rings is 1. The second-order valence-corrected chi connectivity index (χ2v) is 5.93. The number of nitrogens with one attached hydrogen (secondary N) is 1. The van der Waals surface area contributed by atoms with Gasteiger partial charge in [-0.3, -0.25) is 4.79 Å². The van der Waals surface area contributed by atoms with E-state index >= 15 is 0 Å². The van der Waals surface area contributed by atoms with Gasteiger partial charge < -0.3 is 15.0 Å². The Kier molecular flexibility index (Phi) is 5.44. The molecule has 0 spiro atoms. The standard InChI is InChI=1S/C12H17ClN2O2S/c13-11-2-1-10(18-11)9-14-4-3-12(16)15-5-7-17-8-6-15/h1-2,14H,3-9H2. The van der Waals surface area contributed by atoms with E-state index in [0.717, 1.165) is 24.0 Å². The van der Waals surface area contributed by atoms with Gasteiger partial charge in [0.25, 0.3) is 0 Å². The molecule has 18 heavy (non-hydrogen) atoms. The van der Waals surface area contributed by atoms with Crippen LogP contribution in [0.15, 0.2) is 12.1 Å². The quantitative estimate of drug-likeness (QED) is 0.839. The number of nitrogens with zero attached hydrogens (tertiary/aromatic N) is 1. The lowest BCUT2D eigenvalue weighted by Gasteiger charge is -2.26. The number of halogens is 1. The Hall–Kier alpha value is -0.620. The van der Waals surface area contributed by atoms with Crippen molar-refractivity contribution in [1.82, 2.24) is 10.2 Å². The van der Waals surface area contributed by atoms with Crippen LogP contribution in [-0.2, 0) is 16.1 Å². The summed E-state index contributed by atoms with van der Waals surface area (Å²) in [6.45, 7) is 4.23. The number of ether oxygens (including phenoxy) is 1. The first kappa shape index (κ1) is 13.8. The molecule has 0 aromatic carbocycles. The molecule has 2 rings (SSSR count). The molecule has 0 aliphatic carbocycles. The summed E-state index contributed by atoms with van der Waals surface area (Å²) in [5.41, 5.74) is 0. The van der Waals surface area contributed by atoms with Crippen LogP contribution in [-0.4, -0.2) is 43.7 Å². The highest BCUT2D eigenvalue weighted by molar-refractivity contribution is 7.16. The van der Waals surface area contributed by atoms with E-state index in [1.807, 2.05) is 17.0 Å². The molecule has 0 radical (unpaired) electrons. The molecule has 1 N–H and O–H groups in total. The molecule has 0 saturated carbocycles. The van der Waals surface area contributed by atoms with Gasteiger partial charge in [0.05, 0.1) is 17.6 Å². The maximum Gasteiger partial charge on any atom is 0.224 e. The summed E-state index contributed by atoms with van der Waals surface area (Å²) in [5, 5.41) is 3.26. The molecule has 0 atom stereocenters. The van der Waals surface area contributed by atoms with Gasteiger partial charge in [-0.15, -0.1) is 11.3 Å². The number of carbonyl (C=O) groups is 1. The minimum absolute atomic E-state index is 0.204. The van der Waals surface area contributed by atoms with Crippen molar-refractivity contribution in [2.75, 3.05) is 32.8 Å². The van der Waals surface area contributed by atoms with Crippen LogP contribution < -0.4 is 5.32 Å². The van der Waals surface area contributed by atoms with Crippen molar-refractivity contribution in [3.05, 3.63) is 21.3 Å². The van der Waals surface area contributed by atoms with Gasteiger partial charge in [0.1, 0.15) is 0 Å². The molecule has 1 saturated heterocycles. The lowest BCUT2D eigenvalue weighted by molar-refractivity contribution is -0.135. The van der Waals surface area contributed by atoms with Crippen molar-refractivity contribution < 1.29 is 9.53 Å². The van der Waals surface area contributed by atoms with Gasteiger partial charge in [0.2, 0.25) is 5.91 Å². The molecule has 1 aliphatic heterocycles. The molecule has 1 aromatic heterocycles. The van der Waals surface area contributed by atoms with Crippen molar-refractivity contribution in [3.8, 4) is 0 Å². The molecule has 0 bridgehead atoms. The Balaban J connectivity index is 1.61. The Bertz CT molecular complexity index is 391. The fraction of sp³-hybridized carbons (Fsp3) is 0.583. The third-order valence-electron chi connectivity index (χ3n) is 2.81. The van der Waals surface area contributed by atoms with E-state index in [4.69, 9.17) is 16.3 Å². The smallest absolute Gasteiger partial charge is 0.224 e. The highest BCUT2D eigenvalue weighted by atomic mass is 35.5. The van der Waals surface area contributed by atoms with Crippen LogP contribution in [0.1, 0.15) is 11.3 Å². The highest BCUT2D eigenvalue weighted by Gasteiger charge is 2.15. The first-order chi connectivity index (χ1) is 8.75. The summed E-state index contributed by atoms with van der Waals surface area (Å²) in [5.74, 6) is 0.204. The van der Waals surface area contributed by atoms with Crippen LogP contribution in [0.4, 0.5) is 0 Å². The summed E-state index contributed by atoms with van der Waals surface area (Å²) in [7, 11) is 0. The Morgan fingerprint density at radius 1 is 1.44 bits per heavy atom. The number of amides is 1. The van der Waals surface area contributed by atoms with Gasteiger partial charge in [0.15, 0.2) is 0 Å². The van der Waals surface area contributed by atoms with Gasteiger partial charge in [-0.05, 0) is 12.1 Å². The summed E-state index contributed by atoms with van der Waals surface area (Å²) < 4.78 is 6.02. The third-order valence-corrected chi connectivity index (χ3v) is 4.04. The maximum absolute atomic E-state index is 11.8. The average molecular weight is 289 g/mol. The second-order valence-electron chi connectivity index (χ2n) is 4.13. The van der Waals surface area contributed by atoms with Crippen molar-refractivity contribution in [3.63, 3.8) is 0 Å². The minimum atomic E-state index is 0.204. The van der Waals surface area contributed by atoms with E-state index in [1.165, 1.54) is 4.88 Å². The number of carbonyl (C=O) groups excluding carboxylic acids is 1. The zero-order chi connectivity index (χ0) is 12.8. The molecule has 2 heterocycles. The van der Waals surface area contributed by atoms with Crippen molar-refractivity contribution in [2.24, 2.45) is 0 Å². The van der Waals surface area contributed by atoms with Crippen LogP contribution in [0.2, 0.25) is 4.34 Å². The molecule has 1 fully saturated rings. The lowest BCUT2D eigenvalue weighted by Crippen LogP contribution is -2.41. The largest absolute Gasteiger partial charge is 0.378 e. The van der Waals surface area contributed by atoms with Gasteiger partial charge >= 0.3 is 0 Å². The van der Waals surface area contributed by atoms with Gasteiger partial charge in [-0.25, -0.2) is 0 Å². The van der Waals surface area contributed by atoms with Crippen LogP contribution >= 0.6 is 22.9 Å². The van der Waals surface area contributed by atoms with Gasteiger partial charge in [-0.1, -0.05) is 11.6 Å². The van der Waals surface area contributed by atoms with E-state index in [-0.39, 0.29) is 5.91 Å². The van der Waals surface area contributed by atoms with Crippen LogP contribution in [0, 0.1) is 0 Å². The SMILES string of the molecule is O=C(CCNCc1ccc(Cl)s1)N1CCOCC1. The number of morpholine rings is 1. The summed E-state index contributed by atoms with van der Waals surface area (Å²) in [4.78, 5) is 14.9. The highest BCUT2D eigenvalue weighted by Crippen LogP contribution is 2.20. The molecule has 0 unspecified atom stereocenters. The maximum atomic E-state index is 11.8. The zero-order valence-corrected chi connectivity index (χ0v) is 11.7. The van der Waals surface area contributed by atoms with E-state index in [0.29, 0.717) is 26.2 Å². The number of hydrogen-bond donors (Lipinski definition) is 1. The predicted octanol–water partition coefficient (Wildman–Crippen LogP) is 1.74. The van der Waals surface area contributed by atoms with E-state index in [1.54, 1.807) is 11.3 Å². The molecular formula is C12H17ClN2O2S. The lowest BCUT2D eigenvalue weighted by atomic mass is 10.3. The van der Waals surface area contributed by atoms with E-state index < -0.39 is 0 Å². The molecule has 4 nitrogen and oxygen atoms in total. The molecule has 1 aliphatic rings. The average Bonchev–Trinajstić information content (AvgIpc) is 2.81. The number of rotatable bonds is 5. The predicted molar refractivity (Wildman–Crippen MR) is 73.1 cm³/mol.